The van der Waals surface area contributed by atoms with Gasteiger partial charge < -0.3 is 4.42 Å². The predicted molar refractivity (Wildman–Crippen MR) is 46.6 cm³/mol. The van der Waals surface area contributed by atoms with E-state index in [1.165, 1.54) is 12.1 Å². The molecule has 0 aliphatic carbocycles. The first-order valence-corrected chi connectivity index (χ1v) is 3.94. The van der Waals surface area contributed by atoms with Crippen LogP contribution in [0.4, 0.5) is 4.39 Å². The second-order valence-electron chi connectivity index (χ2n) is 2.80. The highest BCUT2D eigenvalue weighted by Crippen LogP contribution is 2.18. The molecule has 2 aromatic rings. The molecule has 0 bridgehead atoms. The smallest absolute Gasteiger partial charge is 0.226 e. The Kier molecular flexibility index (Phi) is 1.85. The molecule has 2 nitrogen and oxygen atoms in total. The highest BCUT2D eigenvalue weighted by Gasteiger charge is 2.04. The van der Waals surface area contributed by atoms with Gasteiger partial charge in [0.25, 0.3) is 0 Å². The summed E-state index contributed by atoms with van der Waals surface area (Å²) in [4.78, 5) is 4.09. The molecule has 66 valence electrons. The first-order chi connectivity index (χ1) is 6.25. The molecule has 0 unspecified atom stereocenters. The summed E-state index contributed by atoms with van der Waals surface area (Å²) in [6.07, 6.45) is 1.54. The molecule has 3 heteroatoms. The Bertz CT molecular complexity index is 422. The van der Waals surface area contributed by atoms with E-state index in [-0.39, 0.29) is 5.82 Å². The molecule has 1 aromatic heterocycles. The molecule has 0 N–H and O–H groups in total. The molecule has 0 radical (unpaired) electrons. The van der Waals surface area contributed by atoms with Crippen LogP contribution in [0.5, 0.6) is 0 Å². The van der Waals surface area contributed by atoms with Crippen LogP contribution in [-0.4, -0.2) is 4.98 Å². The highest BCUT2D eigenvalue weighted by atomic mass is 19.1. The van der Waals surface area contributed by atoms with Crippen LogP contribution < -0.4 is 0 Å². The van der Waals surface area contributed by atoms with Gasteiger partial charge in [-0.15, -0.1) is 0 Å². The molecular formula is C10H8FNO. The lowest BCUT2D eigenvalue weighted by Crippen LogP contribution is -1.79. The van der Waals surface area contributed by atoms with Crippen molar-refractivity contribution in [3.63, 3.8) is 0 Å². The average molecular weight is 177 g/mol. The number of hydrogen-bond donors (Lipinski definition) is 0. The first kappa shape index (κ1) is 7.98. The summed E-state index contributed by atoms with van der Waals surface area (Å²) >= 11 is 0. The van der Waals surface area contributed by atoms with E-state index in [2.05, 4.69) is 4.98 Å². The lowest BCUT2D eigenvalue weighted by molar-refractivity contribution is 0.571. The minimum absolute atomic E-state index is 0.284. The molecule has 0 aliphatic heterocycles. The van der Waals surface area contributed by atoms with Gasteiger partial charge in [-0.25, -0.2) is 9.37 Å². The summed E-state index contributed by atoms with van der Waals surface area (Å²) in [5, 5.41) is 0. The zero-order valence-electron chi connectivity index (χ0n) is 7.12. The van der Waals surface area contributed by atoms with Gasteiger partial charge in [0.1, 0.15) is 12.1 Å². The van der Waals surface area contributed by atoms with Gasteiger partial charge in [0.15, 0.2) is 0 Å². The standard InChI is InChI=1S/C10H8FNO/c1-7-6-13-10(12-7)8-3-2-4-9(11)5-8/h2-6H,1H3. The molecule has 0 atom stereocenters. The largest absolute Gasteiger partial charge is 0.444 e. The van der Waals surface area contributed by atoms with Crippen LogP contribution in [-0.2, 0) is 0 Å². The minimum Gasteiger partial charge on any atom is -0.444 e. The monoisotopic (exact) mass is 177 g/mol. The summed E-state index contributed by atoms with van der Waals surface area (Å²) in [5.41, 5.74) is 1.45. The Morgan fingerprint density at radius 1 is 1.38 bits per heavy atom. The summed E-state index contributed by atoms with van der Waals surface area (Å²) in [6, 6.07) is 6.17. The van der Waals surface area contributed by atoms with Crippen molar-refractivity contribution in [2.24, 2.45) is 0 Å². The van der Waals surface area contributed by atoms with Gasteiger partial charge in [0, 0.05) is 5.56 Å². The van der Waals surface area contributed by atoms with Crippen LogP contribution in [0, 0.1) is 12.7 Å². The van der Waals surface area contributed by atoms with Gasteiger partial charge in [-0.2, -0.15) is 0 Å². The van der Waals surface area contributed by atoms with Crippen molar-refractivity contribution < 1.29 is 8.81 Å². The maximum atomic E-state index is 12.8. The number of nitrogens with zero attached hydrogens (tertiary/aromatic N) is 1. The molecule has 2 rings (SSSR count). The Morgan fingerprint density at radius 2 is 2.23 bits per heavy atom. The van der Waals surface area contributed by atoms with Crippen LogP contribution in [0.3, 0.4) is 0 Å². The fraction of sp³-hybridized carbons (Fsp3) is 0.100. The third kappa shape index (κ3) is 1.59. The molecule has 0 fully saturated rings. The third-order valence-electron chi connectivity index (χ3n) is 1.69. The van der Waals surface area contributed by atoms with Crippen LogP contribution in [0.2, 0.25) is 0 Å². The molecule has 0 spiro atoms. The minimum atomic E-state index is -0.284. The molecule has 0 amide bonds. The van der Waals surface area contributed by atoms with Crippen molar-refractivity contribution >= 4 is 0 Å². The summed E-state index contributed by atoms with van der Waals surface area (Å²) in [6.45, 7) is 1.83. The summed E-state index contributed by atoms with van der Waals surface area (Å²) in [5.74, 6) is 0.172. The van der Waals surface area contributed by atoms with E-state index in [1.807, 2.05) is 6.92 Å². The second kappa shape index (κ2) is 3.01. The Morgan fingerprint density at radius 3 is 2.85 bits per heavy atom. The van der Waals surface area contributed by atoms with Gasteiger partial charge in [-0.3, -0.25) is 0 Å². The van der Waals surface area contributed by atoms with Crippen LogP contribution in [0.15, 0.2) is 34.9 Å². The first-order valence-electron chi connectivity index (χ1n) is 3.94. The zero-order chi connectivity index (χ0) is 9.26. The highest BCUT2D eigenvalue weighted by molar-refractivity contribution is 5.52. The summed E-state index contributed by atoms with van der Waals surface area (Å²) < 4.78 is 17.9. The quantitative estimate of drug-likeness (QED) is 0.669. The number of benzene rings is 1. The van der Waals surface area contributed by atoms with E-state index >= 15 is 0 Å². The van der Waals surface area contributed by atoms with Gasteiger partial charge >= 0.3 is 0 Å². The van der Waals surface area contributed by atoms with E-state index in [1.54, 1.807) is 18.4 Å². The number of halogens is 1. The number of rotatable bonds is 1. The topological polar surface area (TPSA) is 26.0 Å². The zero-order valence-corrected chi connectivity index (χ0v) is 7.12. The average Bonchev–Trinajstić information content (AvgIpc) is 2.52. The van der Waals surface area contributed by atoms with Gasteiger partial charge in [-0.1, -0.05) is 6.07 Å². The Hall–Kier alpha value is -1.64. The van der Waals surface area contributed by atoms with Crippen LogP contribution >= 0.6 is 0 Å². The molecule has 1 heterocycles. The number of aromatic nitrogens is 1. The molecule has 0 aliphatic rings. The second-order valence-corrected chi connectivity index (χ2v) is 2.80. The molecular weight excluding hydrogens is 169 g/mol. The molecule has 0 saturated carbocycles. The summed E-state index contributed by atoms with van der Waals surface area (Å²) in [7, 11) is 0. The van der Waals surface area contributed by atoms with E-state index < -0.39 is 0 Å². The Balaban J connectivity index is 2.46. The van der Waals surface area contributed by atoms with Crippen molar-refractivity contribution in [2.45, 2.75) is 6.92 Å². The molecule has 0 saturated heterocycles. The fourth-order valence-corrected chi connectivity index (χ4v) is 1.11. The maximum Gasteiger partial charge on any atom is 0.226 e. The van der Waals surface area contributed by atoms with Crippen molar-refractivity contribution in [2.75, 3.05) is 0 Å². The lowest BCUT2D eigenvalue weighted by atomic mass is 10.2. The molecule has 13 heavy (non-hydrogen) atoms. The van der Waals surface area contributed by atoms with E-state index in [9.17, 15) is 4.39 Å². The fourth-order valence-electron chi connectivity index (χ4n) is 1.11. The van der Waals surface area contributed by atoms with Gasteiger partial charge in [0.05, 0.1) is 5.69 Å². The number of hydrogen-bond acceptors (Lipinski definition) is 2. The van der Waals surface area contributed by atoms with Crippen molar-refractivity contribution in [1.82, 2.24) is 4.98 Å². The van der Waals surface area contributed by atoms with Crippen molar-refractivity contribution in [3.8, 4) is 11.5 Å². The maximum absolute atomic E-state index is 12.8. The number of aryl methyl sites for hydroxylation is 1. The SMILES string of the molecule is Cc1coc(-c2cccc(F)c2)n1. The normalized spacial score (nSPS) is 10.3. The number of oxazole rings is 1. The third-order valence-corrected chi connectivity index (χ3v) is 1.69. The Labute approximate surface area is 75.0 Å². The van der Waals surface area contributed by atoms with Gasteiger partial charge in [0.2, 0.25) is 5.89 Å². The van der Waals surface area contributed by atoms with E-state index in [0.29, 0.717) is 11.5 Å². The van der Waals surface area contributed by atoms with Crippen molar-refractivity contribution in [1.29, 1.82) is 0 Å². The van der Waals surface area contributed by atoms with Crippen molar-refractivity contribution in [3.05, 3.63) is 42.0 Å². The van der Waals surface area contributed by atoms with Crippen LogP contribution in [0.1, 0.15) is 5.69 Å². The van der Waals surface area contributed by atoms with E-state index in [4.69, 9.17) is 4.42 Å². The lowest BCUT2D eigenvalue weighted by Gasteiger charge is -1.93. The predicted octanol–water partition coefficient (Wildman–Crippen LogP) is 2.79. The van der Waals surface area contributed by atoms with E-state index in [0.717, 1.165) is 5.69 Å². The van der Waals surface area contributed by atoms with Crippen LogP contribution in [0.25, 0.3) is 11.5 Å². The molecule has 1 aromatic carbocycles. The van der Waals surface area contributed by atoms with Gasteiger partial charge in [-0.05, 0) is 25.1 Å².